The number of amides is 2. The number of carbonyl (C=O) groups is 2. The number of likely N-dealkylation sites (tertiary alicyclic amines) is 1. The minimum Gasteiger partial charge on any atom is -0.378 e. The lowest BCUT2D eigenvalue weighted by atomic mass is 9.79. The van der Waals surface area contributed by atoms with Gasteiger partial charge in [-0.2, -0.15) is 0 Å². The highest BCUT2D eigenvalue weighted by Gasteiger charge is 2.48. The van der Waals surface area contributed by atoms with Gasteiger partial charge in [-0.3, -0.25) is 9.59 Å². The number of nitrogens with zero attached hydrogens (tertiary/aromatic N) is 1. The third kappa shape index (κ3) is 4.41. The third-order valence-corrected chi connectivity index (χ3v) is 8.69. The highest BCUT2D eigenvalue weighted by Crippen LogP contribution is 2.51. The summed E-state index contributed by atoms with van der Waals surface area (Å²) in [4.78, 5) is 29.6. The van der Waals surface area contributed by atoms with E-state index < -0.39 is 0 Å². The Balaban J connectivity index is 1.28. The summed E-state index contributed by atoms with van der Waals surface area (Å²) in [5, 5.41) is 7.04. The Labute approximate surface area is 219 Å². The molecule has 0 aromatic heterocycles. The van der Waals surface area contributed by atoms with Gasteiger partial charge in [0.2, 0.25) is 5.91 Å². The Morgan fingerprint density at radius 1 is 0.865 bits per heavy atom. The fraction of sp³-hybridized carbons (Fsp3) is 0.375. The van der Waals surface area contributed by atoms with Gasteiger partial charge >= 0.3 is 0 Å². The van der Waals surface area contributed by atoms with Crippen LogP contribution in [-0.2, 0) is 4.79 Å². The maximum absolute atomic E-state index is 14.3. The molecule has 1 saturated carbocycles. The number of anilines is 1. The molecule has 3 aromatic carbocycles. The Kier molecular flexibility index (Phi) is 6.45. The summed E-state index contributed by atoms with van der Waals surface area (Å²) in [5.74, 6) is 0.256. The highest BCUT2D eigenvalue weighted by atomic mass is 16.2. The van der Waals surface area contributed by atoms with E-state index in [1.54, 1.807) is 0 Å². The molecule has 37 heavy (non-hydrogen) atoms. The molecule has 0 spiro atoms. The summed E-state index contributed by atoms with van der Waals surface area (Å²) in [6, 6.07) is 26.8. The normalized spacial score (nSPS) is 26.5. The summed E-state index contributed by atoms with van der Waals surface area (Å²) in [5.41, 5.74) is 5.24. The van der Waals surface area contributed by atoms with Crippen molar-refractivity contribution in [3.05, 3.63) is 101 Å². The summed E-state index contributed by atoms with van der Waals surface area (Å²) >= 11 is 0. The van der Waals surface area contributed by atoms with Crippen molar-refractivity contribution in [2.75, 3.05) is 11.9 Å². The molecule has 2 fully saturated rings. The average Bonchev–Trinajstić information content (AvgIpc) is 3.39. The Bertz CT molecular complexity index is 1290. The standard InChI is InChI=1S/C32H35N3O2/c1-21-11-5-6-14-23(21)31(36)34-28-18-10-8-16-25(28)32(37)35-20-19-26-29(22-12-3-2-4-13-22)33-27-17-9-7-15-24(27)30(26)35/h2-7,9,11-15,17,25-26,28-30,33H,8,10,16,18-20H2,1H3,(H,34,36)/t25-,26+,28+,29-,30-/m0/s1. The van der Waals surface area contributed by atoms with Crippen molar-refractivity contribution in [2.24, 2.45) is 11.8 Å². The number of nitrogens with one attached hydrogen (secondary N) is 2. The van der Waals surface area contributed by atoms with E-state index in [0.29, 0.717) is 11.5 Å². The molecule has 0 radical (unpaired) electrons. The number of benzene rings is 3. The smallest absolute Gasteiger partial charge is 0.251 e. The predicted molar refractivity (Wildman–Crippen MR) is 146 cm³/mol. The zero-order valence-electron chi connectivity index (χ0n) is 21.4. The first-order chi connectivity index (χ1) is 18.1. The molecule has 2 N–H and O–H groups in total. The first-order valence-electron chi connectivity index (χ1n) is 13.7. The molecule has 6 rings (SSSR count). The molecule has 2 amide bonds. The van der Waals surface area contributed by atoms with Crippen molar-refractivity contribution in [1.82, 2.24) is 10.2 Å². The van der Waals surface area contributed by atoms with Crippen molar-refractivity contribution in [2.45, 2.75) is 57.2 Å². The van der Waals surface area contributed by atoms with Crippen LogP contribution >= 0.6 is 0 Å². The first-order valence-corrected chi connectivity index (χ1v) is 13.7. The van der Waals surface area contributed by atoms with Gasteiger partial charge in [-0.25, -0.2) is 0 Å². The second-order valence-corrected chi connectivity index (χ2v) is 10.8. The average molecular weight is 494 g/mol. The van der Waals surface area contributed by atoms with Crippen LogP contribution in [0.1, 0.15) is 71.2 Å². The summed E-state index contributed by atoms with van der Waals surface area (Å²) in [6.45, 7) is 2.71. The van der Waals surface area contributed by atoms with Gasteiger partial charge in [-0.15, -0.1) is 0 Å². The molecule has 0 unspecified atom stereocenters. The maximum atomic E-state index is 14.3. The van der Waals surface area contributed by atoms with E-state index in [1.165, 1.54) is 11.1 Å². The second kappa shape index (κ2) is 10.0. The summed E-state index contributed by atoms with van der Waals surface area (Å²) in [7, 11) is 0. The second-order valence-electron chi connectivity index (χ2n) is 10.8. The van der Waals surface area contributed by atoms with Crippen molar-refractivity contribution < 1.29 is 9.59 Å². The highest BCUT2D eigenvalue weighted by molar-refractivity contribution is 5.96. The molecule has 1 aliphatic carbocycles. The van der Waals surface area contributed by atoms with Gasteiger partial charge in [0, 0.05) is 29.8 Å². The monoisotopic (exact) mass is 493 g/mol. The fourth-order valence-electron chi connectivity index (χ4n) is 6.85. The number of aryl methyl sites for hydroxylation is 1. The first kappa shape index (κ1) is 23.8. The third-order valence-electron chi connectivity index (χ3n) is 8.69. The van der Waals surface area contributed by atoms with E-state index in [4.69, 9.17) is 0 Å². The number of fused-ring (bicyclic) bond motifs is 3. The summed E-state index contributed by atoms with van der Waals surface area (Å²) in [6.07, 6.45) is 4.70. The van der Waals surface area contributed by atoms with Crippen molar-refractivity contribution in [3.63, 3.8) is 0 Å². The van der Waals surface area contributed by atoms with Gasteiger partial charge in [0.1, 0.15) is 0 Å². The number of rotatable bonds is 4. The summed E-state index contributed by atoms with van der Waals surface area (Å²) < 4.78 is 0. The zero-order valence-corrected chi connectivity index (χ0v) is 21.4. The van der Waals surface area contributed by atoms with Crippen LogP contribution in [0.4, 0.5) is 5.69 Å². The lowest BCUT2D eigenvalue weighted by Crippen LogP contribution is -2.50. The fourth-order valence-corrected chi connectivity index (χ4v) is 6.85. The SMILES string of the molecule is Cc1ccccc1C(=O)N[C@@H]1CCCC[C@@H]1C(=O)N1CC[C@@H]2[C@H](c3ccccc3)Nc3ccccc3[C@@H]21. The predicted octanol–water partition coefficient (Wildman–Crippen LogP) is 6.04. The van der Waals surface area contributed by atoms with Crippen LogP contribution < -0.4 is 10.6 Å². The van der Waals surface area contributed by atoms with Crippen LogP contribution in [0.2, 0.25) is 0 Å². The quantitative estimate of drug-likeness (QED) is 0.466. The molecule has 5 nitrogen and oxygen atoms in total. The van der Waals surface area contributed by atoms with E-state index in [2.05, 4.69) is 70.1 Å². The van der Waals surface area contributed by atoms with Gasteiger partial charge < -0.3 is 15.5 Å². The molecule has 3 aromatic rings. The van der Waals surface area contributed by atoms with E-state index in [-0.39, 0.29) is 35.9 Å². The minimum absolute atomic E-state index is 0.0461. The zero-order chi connectivity index (χ0) is 25.4. The van der Waals surface area contributed by atoms with Gasteiger partial charge in [0.25, 0.3) is 5.91 Å². The van der Waals surface area contributed by atoms with Gasteiger partial charge in [0.15, 0.2) is 0 Å². The van der Waals surface area contributed by atoms with E-state index in [0.717, 1.165) is 49.9 Å². The number of hydrogen-bond donors (Lipinski definition) is 2. The molecule has 1 saturated heterocycles. The Morgan fingerprint density at radius 3 is 2.43 bits per heavy atom. The molecule has 190 valence electrons. The van der Waals surface area contributed by atoms with Crippen LogP contribution in [0, 0.1) is 18.8 Å². The molecule has 5 atom stereocenters. The molecule has 5 heteroatoms. The number of carbonyl (C=O) groups excluding carboxylic acids is 2. The van der Waals surface area contributed by atoms with Crippen LogP contribution in [0.3, 0.4) is 0 Å². The Morgan fingerprint density at radius 2 is 1.59 bits per heavy atom. The molecular weight excluding hydrogens is 458 g/mol. The Hall–Kier alpha value is -3.60. The lowest BCUT2D eigenvalue weighted by Gasteiger charge is -2.42. The van der Waals surface area contributed by atoms with Crippen molar-refractivity contribution >= 4 is 17.5 Å². The van der Waals surface area contributed by atoms with Gasteiger partial charge in [-0.1, -0.05) is 79.6 Å². The minimum atomic E-state index is -0.183. The maximum Gasteiger partial charge on any atom is 0.251 e. The molecular formula is C32H35N3O2. The molecule has 2 heterocycles. The van der Waals surface area contributed by atoms with Crippen LogP contribution in [0.5, 0.6) is 0 Å². The van der Waals surface area contributed by atoms with Crippen molar-refractivity contribution in [3.8, 4) is 0 Å². The van der Waals surface area contributed by atoms with E-state index in [9.17, 15) is 9.59 Å². The van der Waals surface area contributed by atoms with E-state index in [1.807, 2.05) is 31.2 Å². The largest absolute Gasteiger partial charge is 0.378 e. The van der Waals surface area contributed by atoms with Crippen LogP contribution in [0.15, 0.2) is 78.9 Å². The molecule has 2 aliphatic heterocycles. The molecule has 0 bridgehead atoms. The molecule has 3 aliphatic rings. The van der Waals surface area contributed by atoms with Crippen LogP contribution in [0.25, 0.3) is 0 Å². The van der Waals surface area contributed by atoms with Crippen LogP contribution in [-0.4, -0.2) is 29.3 Å². The number of hydrogen-bond acceptors (Lipinski definition) is 3. The van der Waals surface area contributed by atoms with E-state index >= 15 is 0 Å². The topological polar surface area (TPSA) is 61.4 Å². The van der Waals surface area contributed by atoms with Gasteiger partial charge in [-0.05, 0) is 55.0 Å². The number of para-hydroxylation sites is 1. The van der Waals surface area contributed by atoms with Gasteiger partial charge in [0.05, 0.1) is 18.0 Å². The lowest BCUT2D eigenvalue weighted by molar-refractivity contribution is -0.138. The van der Waals surface area contributed by atoms with Crippen molar-refractivity contribution in [1.29, 1.82) is 0 Å².